The van der Waals surface area contributed by atoms with Gasteiger partial charge in [0, 0.05) is 13.0 Å². The van der Waals surface area contributed by atoms with Gasteiger partial charge in [-0.2, -0.15) is 12.7 Å². The van der Waals surface area contributed by atoms with Gasteiger partial charge in [-0.05, 0) is 18.9 Å². The lowest BCUT2D eigenvalue weighted by Gasteiger charge is -2.20. The standard InChI is InChI=1S/C14H19NO5S/c1-2-19-14(16)9-6-10-15-13(11-20-21(15,17)18)12-7-4-3-5-8-12/h3-5,7-8,13H,2,6,9-11H2,1H3. The van der Waals surface area contributed by atoms with Crippen molar-refractivity contribution in [2.45, 2.75) is 25.8 Å². The Hall–Kier alpha value is -1.44. The SMILES string of the molecule is CCOC(=O)CCCN1C(c2ccccc2)COS1(=O)=O. The summed E-state index contributed by atoms with van der Waals surface area (Å²) in [7, 11) is -3.71. The van der Waals surface area contributed by atoms with Crippen LogP contribution in [0.5, 0.6) is 0 Å². The zero-order valence-electron chi connectivity index (χ0n) is 11.9. The van der Waals surface area contributed by atoms with Crippen LogP contribution in [0.2, 0.25) is 0 Å². The number of hydrogen-bond donors (Lipinski definition) is 0. The van der Waals surface area contributed by atoms with E-state index in [0.717, 1.165) is 5.56 Å². The van der Waals surface area contributed by atoms with Crippen LogP contribution in [0.25, 0.3) is 0 Å². The summed E-state index contributed by atoms with van der Waals surface area (Å²) >= 11 is 0. The maximum atomic E-state index is 11.9. The molecule has 0 spiro atoms. The number of benzene rings is 1. The molecule has 21 heavy (non-hydrogen) atoms. The number of carbonyl (C=O) groups excluding carboxylic acids is 1. The summed E-state index contributed by atoms with van der Waals surface area (Å²) in [6.45, 7) is 2.41. The molecule has 7 heteroatoms. The Balaban J connectivity index is 2.01. The van der Waals surface area contributed by atoms with E-state index in [1.807, 2.05) is 30.3 Å². The first-order valence-corrected chi connectivity index (χ1v) is 8.28. The number of ether oxygens (including phenoxy) is 1. The fourth-order valence-corrected chi connectivity index (χ4v) is 3.56. The fraction of sp³-hybridized carbons (Fsp3) is 0.500. The van der Waals surface area contributed by atoms with Crippen LogP contribution in [0.3, 0.4) is 0 Å². The normalized spacial score (nSPS) is 21.3. The van der Waals surface area contributed by atoms with Gasteiger partial charge in [0.1, 0.15) is 0 Å². The minimum atomic E-state index is -3.71. The molecule has 1 aliphatic heterocycles. The lowest BCUT2D eigenvalue weighted by molar-refractivity contribution is -0.143. The lowest BCUT2D eigenvalue weighted by Crippen LogP contribution is -2.30. The molecule has 0 bridgehead atoms. The van der Waals surface area contributed by atoms with Crippen molar-refractivity contribution in [1.82, 2.24) is 4.31 Å². The first kappa shape index (κ1) is 15.9. The minimum absolute atomic E-state index is 0.103. The number of carbonyl (C=O) groups is 1. The van der Waals surface area contributed by atoms with E-state index in [9.17, 15) is 13.2 Å². The van der Waals surface area contributed by atoms with Gasteiger partial charge in [0.2, 0.25) is 0 Å². The largest absolute Gasteiger partial charge is 0.466 e. The highest BCUT2D eigenvalue weighted by atomic mass is 32.2. The van der Waals surface area contributed by atoms with E-state index in [1.54, 1.807) is 6.92 Å². The molecule has 1 fully saturated rings. The first-order valence-electron chi connectivity index (χ1n) is 6.91. The van der Waals surface area contributed by atoms with Crippen molar-refractivity contribution >= 4 is 16.3 Å². The molecule has 0 saturated carbocycles. The summed E-state index contributed by atoms with van der Waals surface area (Å²) in [5.41, 5.74) is 0.884. The van der Waals surface area contributed by atoms with Crippen LogP contribution in [-0.4, -0.2) is 38.5 Å². The number of rotatable bonds is 6. The predicted octanol–water partition coefficient (Wildman–Crippen LogP) is 1.65. The highest BCUT2D eigenvalue weighted by Gasteiger charge is 2.39. The molecule has 116 valence electrons. The highest BCUT2D eigenvalue weighted by Crippen LogP contribution is 2.31. The average molecular weight is 313 g/mol. The smallest absolute Gasteiger partial charge is 0.339 e. The van der Waals surface area contributed by atoms with Crippen molar-refractivity contribution in [3.8, 4) is 0 Å². The van der Waals surface area contributed by atoms with E-state index >= 15 is 0 Å². The second-order valence-electron chi connectivity index (χ2n) is 4.69. The van der Waals surface area contributed by atoms with E-state index in [-0.39, 0.29) is 31.6 Å². The van der Waals surface area contributed by atoms with Crippen LogP contribution in [0, 0.1) is 0 Å². The van der Waals surface area contributed by atoms with Gasteiger partial charge in [0.05, 0.1) is 19.3 Å². The average Bonchev–Trinajstić information content (AvgIpc) is 2.76. The van der Waals surface area contributed by atoms with Crippen LogP contribution < -0.4 is 0 Å². The third-order valence-electron chi connectivity index (χ3n) is 3.26. The fourth-order valence-electron chi connectivity index (χ4n) is 2.27. The van der Waals surface area contributed by atoms with Crippen LogP contribution in [0.1, 0.15) is 31.4 Å². The van der Waals surface area contributed by atoms with Crippen LogP contribution in [0.15, 0.2) is 30.3 Å². The summed E-state index contributed by atoms with van der Waals surface area (Å²) in [5, 5.41) is 0. The van der Waals surface area contributed by atoms with Gasteiger partial charge >= 0.3 is 16.3 Å². The molecule has 0 amide bonds. The van der Waals surface area contributed by atoms with E-state index in [4.69, 9.17) is 8.92 Å². The second kappa shape index (κ2) is 7.02. The predicted molar refractivity (Wildman–Crippen MR) is 76.6 cm³/mol. The molecule has 1 aromatic rings. The zero-order valence-corrected chi connectivity index (χ0v) is 12.7. The molecular weight excluding hydrogens is 294 g/mol. The van der Waals surface area contributed by atoms with E-state index in [0.29, 0.717) is 13.0 Å². The highest BCUT2D eigenvalue weighted by molar-refractivity contribution is 7.84. The molecule has 1 atom stereocenters. The van der Waals surface area contributed by atoms with Crippen molar-refractivity contribution < 1.29 is 22.1 Å². The molecule has 0 N–H and O–H groups in total. The molecule has 1 saturated heterocycles. The van der Waals surface area contributed by atoms with Crippen molar-refractivity contribution in [2.24, 2.45) is 0 Å². The minimum Gasteiger partial charge on any atom is -0.466 e. The van der Waals surface area contributed by atoms with Crippen LogP contribution in [0.4, 0.5) is 0 Å². The van der Waals surface area contributed by atoms with Crippen molar-refractivity contribution in [2.75, 3.05) is 19.8 Å². The third-order valence-corrected chi connectivity index (χ3v) is 4.70. The van der Waals surface area contributed by atoms with Crippen LogP contribution >= 0.6 is 0 Å². The van der Waals surface area contributed by atoms with Crippen molar-refractivity contribution in [1.29, 1.82) is 0 Å². The van der Waals surface area contributed by atoms with Gasteiger partial charge in [-0.1, -0.05) is 30.3 Å². The lowest BCUT2D eigenvalue weighted by atomic mass is 10.1. The monoisotopic (exact) mass is 313 g/mol. The summed E-state index contributed by atoms with van der Waals surface area (Å²) in [6, 6.07) is 8.99. The Kier molecular flexibility index (Phi) is 5.33. The maximum Gasteiger partial charge on any atom is 0.339 e. The van der Waals surface area contributed by atoms with Crippen molar-refractivity contribution in [3.63, 3.8) is 0 Å². The van der Waals surface area contributed by atoms with Gasteiger partial charge < -0.3 is 4.74 Å². The van der Waals surface area contributed by atoms with Gasteiger partial charge in [-0.15, -0.1) is 0 Å². The summed E-state index contributed by atoms with van der Waals surface area (Å²) in [5.74, 6) is -0.314. The molecule has 6 nitrogen and oxygen atoms in total. The molecule has 0 radical (unpaired) electrons. The zero-order chi connectivity index (χ0) is 15.3. The Labute approximate surface area is 124 Å². The van der Waals surface area contributed by atoms with E-state index in [2.05, 4.69) is 0 Å². The van der Waals surface area contributed by atoms with Crippen molar-refractivity contribution in [3.05, 3.63) is 35.9 Å². The summed E-state index contributed by atoms with van der Waals surface area (Å²) in [6.07, 6.45) is 0.603. The third kappa shape index (κ3) is 4.03. The topological polar surface area (TPSA) is 72.9 Å². The Bertz CT molecular complexity index is 572. The van der Waals surface area contributed by atoms with Gasteiger partial charge in [-0.3, -0.25) is 8.98 Å². The Morgan fingerprint density at radius 1 is 1.38 bits per heavy atom. The molecule has 1 unspecified atom stereocenters. The Morgan fingerprint density at radius 2 is 2.10 bits per heavy atom. The molecule has 1 aliphatic rings. The second-order valence-corrected chi connectivity index (χ2v) is 6.25. The molecule has 2 rings (SSSR count). The van der Waals surface area contributed by atoms with Crippen LogP contribution in [-0.2, 0) is 24.0 Å². The summed E-state index contributed by atoms with van der Waals surface area (Å²) < 4.78 is 34.9. The Morgan fingerprint density at radius 3 is 2.76 bits per heavy atom. The summed E-state index contributed by atoms with van der Waals surface area (Å²) in [4.78, 5) is 11.3. The first-order chi connectivity index (χ1) is 10.0. The number of esters is 1. The van der Waals surface area contributed by atoms with Gasteiger partial charge in [0.15, 0.2) is 0 Å². The van der Waals surface area contributed by atoms with Gasteiger partial charge in [-0.25, -0.2) is 0 Å². The number of hydrogen-bond acceptors (Lipinski definition) is 5. The number of nitrogens with zero attached hydrogens (tertiary/aromatic N) is 1. The van der Waals surface area contributed by atoms with E-state index in [1.165, 1.54) is 4.31 Å². The molecule has 0 aliphatic carbocycles. The quantitative estimate of drug-likeness (QED) is 0.747. The van der Waals surface area contributed by atoms with Gasteiger partial charge in [0.25, 0.3) is 0 Å². The maximum absolute atomic E-state index is 11.9. The molecule has 1 aromatic carbocycles. The van der Waals surface area contributed by atoms with E-state index < -0.39 is 10.3 Å². The molecule has 0 aromatic heterocycles. The molecular formula is C14H19NO5S. The molecule has 1 heterocycles.